The van der Waals surface area contributed by atoms with Gasteiger partial charge in [0.2, 0.25) is 0 Å². The zero-order chi connectivity index (χ0) is 15.1. The molecular weight excluding hydrogens is 268 g/mol. The fourth-order valence-corrected chi connectivity index (χ4v) is 2.56. The largest absolute Gasteiger partial charge is 0.396 e. The average molecular weight is 294 g/mol. The standard InChI is InChI=1S/C15H26N4O2/c1-17-7-9-18(10-8-17)14-12-15(21)19(16-13-14)6-4-2-3-5-11-20/h12-13,20H,2-11H2,1H3. The normalized spacial score (nSPS) is 16.4. The molecule has 0 saturated carbocycles. The minimum absolute atomic E-state index is 0.0198. The Bertz CT molecular complexity index is 481. The number of likely N-dealkylation sites (N-methyl/N-ethyl adjacent to an activating group) is 1. The molecule has 1 fully saturated rings. The fraction of sp³-hybridized carbons (Fsp3) is 0.733. The van der Waals surface area contributed by atoms with Crippen molar-refractivity contribution in [3.63, 3.8) is 0 Å². The van der Waals surface area contributed by atoms with Gasteiger partial charge in [-0.05, 0) is 19.9 Å². The number of rotatable bonds is 7. The lowest BCUT2D eigenvalue weighted by Gasteiger charge is -2.33. The number of unbranched alkanes of at least 4 members (excludes halogenated alkanes) is 3. The quantitative estimate of drug-likeness (QED) is 0.744. The highest BCUT2D eigenvalue weighted by atomic mass is 16.2. The Morgan fingerprint density at radius 1 is 1.14 bits per heavy atom. The molecule has 1 saturated heterocycles. The summed E-state index contributed by atoms with van der Waals surface area (Å²) in [5.74, 6) is 0. The van der Waals surface area contributed by atoms with Crippen LogP contribution in [0.25, 0.3) is 0 Å². The Morgan fingerprint density at radius 2 is 1.86 bits per heavy atom. The number of aryl methyl sites for hydroxylation is 1. The maximum Gasteiger partial charge on any atom is 0.268 e. The molecule has 2 rings (SSSR count). The molecule has 0 bridgehead atoms. The second kappa shape index (κ2) is 8.14. The van der Waals surface area contributed by atoms with Crippen molar-refractivity contribution in [2.75, 3.05) is 44.7 Å². The summed E-state index contributed by atoms with van der Waals surface area (Å²) in [6.07, 6.45) is 5.60. The minimum Gasteiger partial charge on any atom is -0.396 e. The second-order valence-electron chi connectivity index (χ2n) is 5.70. The van der Waals surface area contributed by atoms with Crippen molar-refractivity contribution in [2.45, 2.75) is 32.2 Å². The minimum atomic E-state index is -0.0198. The molecule has 1 aromatic heterocycles. The van der Waals surface area contributed by atoms with E-state index in [9.17, 15) is 4.79 Å². The van der Waals surface area contributed by atoms with E-state index in [1.54, 1.807) is 16.9 Å². The highest BCUT2D eigenvalue weighted by molar-refractivity contribution is 5.43. The fourth-order valence-electron chi connectivity index (χ4n) is 2.56. The van der Waals surface area contributed by atoms with Crippen LogP contribution in [0.3, 0.4) is 0 Å². The molecule has 1 aromatic rings. The van der Waals surface area contributed by atoms with Gasteiger partial charge in [0.1, 0.15) is 0 Å². The topological polar surface area (TPSA) is 61.6 Å². The van der Waals surface area contributed by atoms with Gasteiger partial charge in [0.05, 0.1) is 11.9 Å². The summed E-state index contributed by atoms with van der Waals surface area (Å²) < 4.78 is 1.54. The lowest BCUT2D eigenvalue weighted by Crippen LogP contribution is -2.45. The van der Waals surface area contributed by atoms with Gasteiger partial charge in [0.15, 0.2) is 0 Å². The molecule has 2 heterocycles. The molecule has 6 heteroatoms. The molecule has 0 atom stereocenters. The summed E-state index contributed by atoms with van der Waals surface area (Å²) >= 11 is 0. The van der Waals surface area contributed by atoms with Gasteiger partial charge in [-0.15, -0.1) is 0 Å². The third kappa shape index (κ3) is 4.82. The first-order valence-electron chi connectivity index (χ1n) is 7.82. The molecule has 21 heavy (non-hydrogen) atoms. The van der Waals surface area contributed by atoms with Crippen molar-refractivity contribution >= 4 is 5.69 Å². The summed E-state index contributed by atoms with van der Waals surface area (Å²) in [7, 11) is 2.12. The Kier molecular flexibility index (Phi) is 6.20. The lowest BCUT2D eigenvalue weighted by molar-refractivity contribution is 0.282. The van der Waals surface area contributed by atoms with E-state index in [4.69, 9.17) is 5.11 Å². The van der Waals surface area contributed by atoms with Gasteiger partial charge in [-0.25, -0.2) is 4.68 Å². The van der Waals surface area contributed by atoms with Crippen LogP contribution in [0.2, 0.25) is 0 Å². The Hall–Kier alpha value is -1.40. The van der Waals surface area contributed by atoms with Crippen LogP contribution in [0.1, 0.15) is 25.7 Å². The van der Waals surface area contributed by atoms with Crippen LogP contribution in [-0.2, 0) is 6.54 Å². The van der Waals surface area contributed by atoms with E-state index >= 15 is 0 Å². The smallest absolute Gasteiger partial charge is 0.268 e. The first kappa shape index (κ1) is 16.0. The number of hydrogen-bond donors (Lipinski definition) is 1. The van der Waals surface area contributed by atoms with Crippen LogP contribution < -0.4 is 10.5 Å². The van der Waals surface area contributed by atoms with E-state index in [-0.39, 0.29) is 12.2 Å². The molecule has 0 aromatic carbocycles. The number of aliphatic hydroxyl groups is 1. The van der Waals surface area contributed by atoms with E-state index in [2.05, 4.69) is 21.9 Å². The van der Waals surface area contributed by atoms with Crippen molar-refractivity contribution < 1.29 is 5.11 Å². The van der Waals surface area contributed by atoms with E-state index in [0.29, 0.717) is 6.54 Å². The van der Waals surface area contributed by atoms with Crippen molar-refractivity contribution in [2.24, 2.45) is 0 Å². The SMILES string of the molecule is CN1CCN(c2cnn(CCCCCCO)c(=O)c2)CC1. The molecular formula is C15H26N4O2. The van der Waals surface area contributed by atoms with Crippen LogP contribution in [-0.4, -0.2) is 59.6 Å². The van der Waals surface area contributed by atoms with Crippen LogP contribution >= 0.6 is 0 Å². The first-order valence-corrected chi connectivity index (χ1v) is 7.82. The zero-order valence-electron chi connectivity index (χ0n) is 12.9. The van der Waals surface area contributed by atoms with Crippen LogP contribution in [0.5, 0.6) is 0 Å². The van der Waals surface area contributed by atoms with Crippen molar-refractivity contribution in [3.8, 4) is 0 Å². The summed E-state index contributed by atoms with van der Waals surface area (Å²) in [5, 5.41) is 13.0. The summed E-state index contributed by atoms with van der Waals surface area (Å²) in [5.41, 5.74) is 0.915. The number of aliphatic hydroxyl groups excluding tert-OH is 1. The monoisotopic (exact) mass is 294 g/mol. The molecule has 1 N–H and O–H groups in total. The zero-order valence-corrected chi connectivity index (χ0v) is 12.9. The Morgan fingerprint density at radius 3 is 2.52 bits per heavy atom. The van der Waals surface area contributed by atoms with Gasteiger partial charge in [-0.3, -0.25) is 4.79 Å². The predicted molar refractivity (Wildman–Crippen MR) is 83.8 cm³/mol. The van der Waals surface area contributed by atoms with Gasteiger partial charge in [-0.2, -0.15) is 5.10 Å². The predicted octanol–water partition coefficient (Wildman–Crippen LogP) is 0.548. The maximum atomic E-state index is 12.1. The Labute approximate surface area is 126 Å². The Balaban J connectivity index is 1.87. The van der Waals surface area contributed by atoms with Crippen LogP contribution in [0.15, 0.2) is 17.1 Å². The molecule has 6 nitrogen and oxygen atoms in total. The molecule has 118 valence electrons. The third-order valence-electron chi connectivity index (χ3n) is 4.00. The molecule has 0 unspecified atom stereocenters. The summed E-state index contributed by atoms with van der Waals surface area (Å²) in [4.78, 5) is 16.6. The summed E-state index contributed by atoms with van der Waals surface area (Å²) in [6, 6.07) is 1.70. The number of hydrogen-bond acceptors (Lipinski definition) is 5. The van der Waals surface area contributed by atoms with Crippen LogP contribution in [0, 0.1) is 0 Å². The molecule has 0 amide bonds. The van der Waals surface area contributed by atoms with Gasteiger partial charge in [0.25, 0.3) is 5.56 Å². The molecule has 0 radical (unpaired) electrons. The highest BCUT2D eigenvalue weighted by Gasteiger charge is 2.15. The van der Waals surface area contributed by atoms with Gasteiger partial charge in [-0.1, -0.05) is 12.8 Å². The van der Waals surface area contributed by atoms with Crippen molar-refractivity contribution in [1.82, 2.24) is 14.7 Å². The van der Waals surface area contributed by atoms with E-state index in [1.807, 2.05) is 0 Å². The summed E-state index contributed by atoms with van der Waals surface area (Å²) in [6.45, 7) is 4.85. The second-order valence-corrected chi connectivity index (χ2v) is 5.70. The highest BCUT2D eigenvalue weighted by Crippen LogP contribution is 2.12. The number of nitrogens with zero attached hydrogens (tertiary/aromatic N) is 4. The average Bonchev–Trinajstić information content (AvgIpc) is 2.49. The maximum absolute atomic E-state index is 12.1. The van der Waals surface area contributed by atoms with Crippen molar-refractivity contribution in [3.05, 3.63) is 22.6 Å². The molecule has 1 aliphatic heterocycles. The number of aromatic nitrogens is 2. The first-order chi connectivity index (χ1) is 10.2. The number of anilines is 1. The van der Waals surface area contributed by atoms with Crippen LogP contribution in [0.4, 0.5) is 5.69 Å². The van der Waals surface area contributed by atoms with E-state index < -0.39 is 0 Å². The molecule has 1 aliphatic rings. The van der Waals surface area contributed by atoms with Gasteiger partial charge < -0.3 is 14.9 Å². The lowest BCUT2D eigenvalue weighted by atomic mass is 10.2. The van der Waals surface area contributed by atoms with Gasteiger partial charge >= 0.3 is 0 Å². The van der Waals surface area contributed by atoms with E-state index in [0.717, 1.165) is 57.5 Å². The third-order valence-corrected chi connectivity index (χ3v) is 4.00. The molecule has 0 spiro atoms. The van der Waals surface area contributed by atoms with E-state index in [1.165, 1.54) is 0 Å². The van der Waals surface area contributed by atoms with Crippen molar-refractivity contribution in [1.29, 1.82) is 0 Å². The number of piperazine rings is 1. The molecule has 0 aliphatic carbocycles. The van der Waals surface area contributed by atoms with Gasteiger partial charge in [0, 0.05) is 45.4 Å².